The van der Waals surface area contributed by atoms with Crippen LogP contribution < -0.4 is 10.5 Å². The fraction of sp³-hybridized carbons (Fsp3) is 0.538. The van der Waals surface area contributed by atoms with Crippen LogP contribution >= 0.6 is 0 Å². The van der Waals surface area contributed by atoms with Crippen molar-refractivity contribution < 1.29 is 14.2 Å². The molecule has 1 aliphatic rings. The van der Waals surface area contributed by atoms with E-state index < -0.39 is 11.9 Å². The molecule has 94 valence electrons. The molecule has 1 aliphatic carbocycles. The molecule has 0 radical (unpaired) electrons. The number of hydrogen-bond acceptors (Lipinski definition) is 3. The van der Waals surface area contributed by atoms with Crippen LogP contribution in [0.3, 0.4) is 0 Å². The lowest BCUT2D eigenvalue weighted by Gasteiger charge is -2.25. The molecule has 0 heterocycles. The van der Waals surface area contributed by atoms with Gasteiger partial charge in [-0.05, 0) is 36.5 Å². The lowest BCUT2D eigenvalue weighted by molar-refractivity contribution is 0.175. The minimum atomic E-state index is -0.537. The number of hydrogen-bond donors (Lipinski definition) is 2. The van der Waals surface area contributed by atoms with Crippen LogP contribution in [0.5, 0.6) is 5.75 Å². The molecular formula is C13H18FNO2. The van der Waals surface area contributed by atoms with E-state index in [9.17, 15) is 4.39 Å². The monoisotopic (exact) mass is 239 g/mol. The molecule has 1 atom stereocenters. The van der Waals surface area contributed by atoms with Crippen molar-refractivity contribution >= 4 is 0 Å². The van der Waals surface area contributed by atoms with Crippen molar-refractivity contribution in [3.8, 4) is 5.75 Å². The minimum absolute atomic E-state index is 0.193. The van der Waals surface area contributed by atoms with Gasteiger partial charge in [-0.15, -0.1) is 0 Å². The smallest absolute Gasteiger partial charge is 0.165 e. The molecular weight excluding hydrogens is 221 g/mol. The molecule has 1 aromatic rings. The summed E-state index contributed by atoms with van der Waals surface area (Å²) in [7, 11) is 0. The summed E-state index contributed by atoms with van der Waals surface area (Å²) in [5.41, 5.74) is 6.19. The first-order chi connectivity index (χ1) is 8.20. The molecule has 1 aromatic carbocycles. The molecule has 1 unspecified atom stereocenters. The van der Waals surface area contributed by atoms with Crippen molar-refractivity contribution in [3.63, 3.8) is 0 Å². The lowest BCUT2D eigenvalue weighted by atomic mass is 9.86. The molecule has 0 saturated heterocycles. The van der Waals surface area contributed by atoms with E-state index in [2.05, 4.69) is 0 Å². The molecule has 0 bridgehead atoms. The lowest BCUT2D eigenvalue weighted by Crippen LogP contribution is -2.20. The standard InChI is InChI=1S/C13H18FNO2/c14-11-6-10(12(15)7-16)4-5-13(11)17-8-9-2-1-3-9/h4-6,9,12,16H,1-3,7-8,15H2. The Hall–Kier alpha value is -1.13. The van der Waals surface area contributed by atoms with E-state index in [-0.39, 0.29) is 12.4 Å². The molecule has 0 amide bonds. The van der Waals surface area contributed by atoms with Crippen LogP contribution in [-0.4, -0.2) is 18.3 Å². The number of benzene rings is 1. The van der Waals surface area contributed by atoms with Crippen molar-refractivity contribution in [2.45, 2.75) is 25.3 Å². The van der Waals surface area contributed by atoms with Crippen molar-refractivity contribution in [3.05, 3.63) is 29.6 Å². The molecule has 0 aromatic heterocycles. The van der Waals surface area contributed by atoms with Gasteiger partial charge < -0.3 is 15.6 Å². The van der Waals surface area contributed by atoms with Gasteiger partial charge in [0.25, 0.3) is 0 Å². The maximum absolute atomic E-state index is 13.7. The van der Waals surface area contributed by atoms with Gasteiger partial charge in [-0.1, -0.05) is 12.5 Å². The Kier molecular flexibility index (Phi) is 3.97. The second-order valence-corrected chi connectivity index (χ2v) is 4.59. The van der Waals surface area contributed by atoms with E-state index in [1.165, 1.54) is 25.3 Å². The van der Waals surface area contributed by atoms with Crippen molar-refractivity contribution in [1.29, 1.82) is 0 Å². The first-order valence-corrected chi connectivity index (χ1v) is 5.99. The number of halogens is 1. The topological polar surface area (TPSA) is 55.5 Å². The Morgan fingerprint density at radius 1 is 1.47 bits per heavy atom. The Bertz CT molecular complexity index is 380. The fourth-order valence-corrected chi connectivity index (χ4v) is 1.84. The zero-order valence-electron chi connectivity index (χ0n) is 9.73. The highest BCUT2D eigenvalue weighted by molar-refractivity contribution is 5.31. The zero-order chi connectivity index (χ0) is 12.3. The predicted molar refractivity (Wildman–Crippen MR) is 63.3 cm³/mol. The minimum Gasteiger partial charge on any atom is -0.490 e. The zero-order valence-corrected chi connectivity index (χ0v) is 9.73. The fourth-order valence-electron chi connectivity index (χ4n) is 1.84. The third kappa shape index (κ3) is 2.96. The van der Waals surface area contributed by atoms with Crippen LogP contribution in [-0.2, 0) is 0 Å². The summed E-state index contributed by atoms with van der Waals surface area (Å²) in [5.74, 6) is 0.435. The van der Waals surface area contributed by atoms with Gasteiger partial charge in [0.1, 0.15) is 0 Å². The molecule has 4 heteroatoms. The molecule has 0 spiro atoms. The van der Waals surface area contributed by atoms with E-state index in [1.54, 1.807) is 12.1 Å². The first kappa shape index (κ1) is 12.3. The van der Waals surface area contributed by atoms with Gasteiger partial charge in [0.15, 0.2) is 11.6 Å². The highest BCUT2D eigenvalue weighted by Crippen LogP contribution is 2.28. The number of rotatable bonds is 5. The summed E-state index contributed by atoms with van der Waals surface area (Å²) in [6, 6.07) is 4.07. The maximum atomic E-state index is 13.7. The van der Waals surface area contributed by atoms with Gasteiger partial charge in [0.2, 0.25) is 0 Å². The molecule has 0 aliphatic heterocycles. The van der Waals surface area contributed by atoms with Gasteiger partial charge in [-0.3, -0.25) is 0 Å². The largest absolute Gasteiger partial charge is 0.490 e. The van der Waals surface area contributed by atoms with Gasteiger partial charge in [-0.2, -0.15) is 0 Å². The van der Waals surface area contributed by atoms with Crippen molar-refractivity contribution in [2.75, 3.05) is 13.2 Å². The summed E-state index contributed by atoms with van der Waals surface area (Å²) in [5, 5.41) is 8.89. The predicted octanol–water partition coefficient (Wildman–Crippen LogP) is 2.00. The molecule has 2 rings (SSSR count). The van der Waals surface area contributed by atoms with E-state index in [0.29, 0.717) is 18.1 Å². The van der Waals surface area contributed by atoms with Crippen molar-refractivity contribution in [2.24, 2.45) is 11.7 Å². The summed E-state index contributed by atoms with van der Waals surface area (Å²) in [4.78, 5) is 0. The first-order valence-electron chi connectivity index (χ1n) is 5.99. The van der Waals surface area contributed by atoms with Crippen LogP contribution in [0.4, 0.5) is 4.39 Å². The van der Waals surface area contributed by atoms with Crippen LogP contribution in [0, 0.1) is 11.7 Å². The number of nitrogens with two attached hydrogens (primary N) is 1. The average Bonchev–Trinajstić information content (AvgIpc) is 2.28. The van der Waals surface area contributed by atoms with Gasteiger partial charge in [0.05, 0.1) is 19.3 Å². The van der Waals surface area contributed by atoms with Gasteiger partial charge in [-0.25, -0.2) is 4.39 Å². The van der Waals surface area contributed by atoms with Gasteiger partial charge in [0, 0.05) is 0 Å². The SMILES string of the molecule is NC(CO)c1ccc(OCC2CCC2)c(F)c1. The number of ether oxygens (including phenoxy) is 1. The Balaban J connectivity index is 1.97. The summed E-state index contributed by atoms with van der Waals surface area (Å²) in [6.45, 7) is 0.393. The molecule has 1 saturated carbocycles. The average molecular weight is 239 g/mol. The maximum Gasteiger partial charge on any atom is 0.165 e. The molecule has 3 nitrogen and oxygen atoms in total. The summed E-state index contributed by atoms with van der Waals surface area (Å²) < 4.78 is 19.1. The van der Waals surface area contributed by atoms with Crippen LogP contribution in [0.25, 0.3) is 0 Å². The second kappa shape index (κ2) is 5.47. The van der Waals surface area contributed by atoms with E-state index in [0.717, 1.165) is 0 Å². The normalized spacial score (nSPS) is 17.6. The van der Waals surface area contributed by atoms with E-state index in [1.807, 2.05) is 0 Å². The molecule has 1 fully saturated rings. The van der Waals surface area contributed by atoms with Crippen LogP contribution in [0.15, 0.2) is 18.2 Å². The van der Waals surface area contributed by atoms with Crippen LogP contribution in [0.2, 0.25) is 0 Å². The third-order valence-electron chi connectivity index (χ3n) is 3.28. The van der Waals surface area contributed by atoms with Gasteiger partial charge >= 0.3 is 0 Å². The number of aliphatic hydroxyl groups excluding tert-OH is 1. The van der Waals surface area contributed by atoms with E-state index in [4.69, 9.17) is 15.6 Å². The Morgan fingerprint density at radius 3 is 2.76 bits per heavy atom. The summed E-state index contributed by atoms with van der Waals surface area (Å²) in [6.07, 6.45) is 3.60. The quantitative estimate of drug-likeness (QED) is 0.826. The third-order valence-corrected chi connectivity index (χ3v) is 3.28. The highest BCUT2D eigenvalue weighted by atomic mass is 19.1. The Labute approximate surface area is 100 Å². The van der Waals surface area contributed by atoms with Crippen LogP contribution in [0.1, 0.15) is 30.9 Å². The second-order valence-electron chi connectivity index (χ2n) is 4.59. The highest BCUT2D eigenvalue weighted by Gasteiger charge is 2.18. The Morgan fingerprint density at radius 2 is 2.24 bits per heavy atom. The van der Waals surface area contributed by atoms with E-state index >= 15 is 0 Å². The van der Waals surface area contributed by atoms with Crippen molar-refractivity contribution in [1.82, 2.24) is 0 Å². The summed E-state index contributed by atoms with van der Waals surface area (Å²) >= 11 is 0. The molecule has 3 N–H and O–H groups in total. The number of aliphatic hydroxyl groups is 1. The molecule has 17 heavy (non-hydrogen) atoms.